The summed E-state index contributed by atoms with van der Waals surface area (Å²) >= 11 is 0. The summed E-state index contributed by atoms with van der Waals surface area (Å²) in [6, 6.07) is 7.10. The minimum atomic E-state index is -3.68. The van der Waals surface area contributed by atoms with Crippen LogP contribution in [0.25, 0.3) is 11.5 Å². The third-order valence-electron chi connectivity index (χ3n) is 3.55. The minimum Gasteiger partial charge on any atom is -0.497 e. The van der Waals surface area contributed by atoms with E-state index in [4.69, 9.17) is 13.9 Å². The molecule has 0 saturated carbocycles. The molecule has 0 spiro atoms. The lowest BCUT2D eigenvalue weighted by atomic mass is 10.2. The molecule has 1 aromatic carbocycles. The molecule has 2 aromatic rings. The smallest absolute Gasteiger partial charge is 0.235 e. The van der Waals surface area contributed by atoms with Gasteiger partial charge in [0.15, 0.2) is 9.84 Å². The third-order valence-corrected chi connectivity index (χ3v) is 4.96. The van der Waals surface area contributed by atoms with Crippen LogP contribution in [0.2, 0.25) is 0 Å². The summed E-state index contributed by atoms with van der Waals surface area (Å²) in [5, 5.41) is 2.48. The second-order valence-corrected chi connectivity index (χ2v) is 7.69. The number of methoxy groups -OCH3 is 2. The third kappa shape index (κ3) is 5.57. The van der Waals surface area contributed by atoms with Crippen LogP contribution in [0.4, 0.5) is 0 Å². The van der Waals surface area contributed by atoms with Crippen LogP contribution in [0.1, 0.15) is 11.5 Å². The van der Waals surface area contributed by atoms with Crippen LogP contribution in [0.15, 0.2) is 28.7 Å². The van der Waals surface area contributed by atoms with Crippen LogP contribution >= 0.6 is 0 Å². The van der Waals surface area contributed by atoms with Crippen molar-refractivity contribution in [2.24, 2.45) is 0 Å². The fourth-order valence-corrected chi connectivity index (χ4v) is 3.53. The maximum atomic E-state index is 12.2. The Labute approximate surface area is 152 Å². The summed E-state index contributed by atoms with van der Waals surface area (Å²) in [6.07, 6.45) is 0. The molecule has 2 rings (SSSR count). The summed E-state index contributed by atoms with van der Waals surface area (Å²) in [5.41, 5.74) is 0.959. The predicted molar refractivity (Wildman–Crippen MR) is 95.6 cm³/mol. The van der Waals surface area contributed by atoms with E-state index in [0.29, 0.717) is 29.6 Å². The zero-order valence-electron chi connectivity index (χ0n) is 14.9. The molecule has 0 saturated heterocycles. The number of ether oxygens (including phenoxy) is 2. The van der Waals surface area contributed by atoms with Crippen molar-refractivity contribution >= 4 is 15.7 Å². The Kier molecular flexibility index (Phi) is 6.76. The van der Waals surface area contributed by atoms with Gasteiger partial charge >= 0.3 is 0 Å². The Bertz CT molecular complexity index is 860. The summed E-state index contributed by atoms with van der Waals surface area (Å²) in [4.78, 5) is 16.0. The van der Waals surface area contributed by atoms with Crippen molar-refractivity contribution in [2.75, 3.05) is 33.1 Å². The number of carbonyl (C=O) groups is 1. The fourth-order valence-electron chi connectivity index (χ4n) is 2.24. The van der Waals surface area contributed by atoms with Crippen molar-refractivity contribution in [3.8, 4) is 17.2 Å². The lowest BCUT2D eigenvalue weighted by molar-refractivity contribution is -0.118. The van der Waals surface area contributed by atoms with Crippen molar-refractivity contribution < 1.29 is 27.1 Å². The number of benzene rings is 1. The molecule has 0 atom stereocenters. The molecule has 0 aliphatic heterocycles. The molecule has 0 aliphatic carbocycles. The van der Waals surface area contributed by atoms with Crippen molar-refractivity contribution in [2.45, 2.75) is 12.7 Å². The second kappa shape index (κ2) is 8.81. The summed E-state index contributed by atoms with van der Waals surface area (Å²) in [6.45, 7) is 2.21. The van der Waals surface area contributed by atoms with Gasteiger partial charge in [0.25, 0.3) is 0 Å². The Morgan fingerprint density at radius 2 is 2.08 bits per heavy atom. The number of sulfone groups is 1. The van der Waals surface area contributed by atoms with Gasteiger partial charge in [-0.3, -0.25) is 4.79 Å². The lowest BCUT2D eigenvalue weighted by Gasteiger charge is -2.05. The molecule has 1 heterocycles. The van der Waals surface area contributed by atoms with Crippen molar-refractivity contribution in [1.82, 2.24) is 10.3 Å². The second-order valence-electron chi connectivity index (χ2n) is 5.63. The van der Waals surface area contributed by atoms with Crippen LogP contribution < -0.4 is 10.1 Å². The maximum absolute atomic E-state index is 12.2. The zero-order chi connectivity index (χ0) is 19.2. The predicted octanol–water partition coefficient (Wildman–Crippen LogP) is 1.34. The van der Waals surface area contributed by atoms with E-state index in [1.165, 1.54) is 7.11 Å². The van der Waals surface area contributed by atoms with Gasteiger partial charge in [-0.15, -0.1) is 0 Å². The van der Waals surface area contributed by atoms with E-state index in [1.807, 2.05) is 0 Å². The number of nitrogens with one attached hydrogen (secondary N) is 1. The van der Waals surface area contributed by atoms with Crippen molar-refractivity contribution in [3.05, 3.63) is 35.7 Å². The quantitative estimate of drug-likeness (QED) is 0.652. The van der Waals surface area contributed by atoms with Gasteiger partial charge in [-0.1, -0.05) is 6.07 Å². The lowest BCUT2D eigenvalue weighted by Crippen LogP contribution is -2.33. The van der Waals surface area contributed by atoms with Crippen LogP contribution in [0.3, 0.4) is 0 Å². The molecular formula is C17H22N2O6S. The number of aromatic nitrogens is 1. The van der Waals surface area contributed by atoms with E-state index in [-0.39, 0.29) is 18.0 Å². The Balaban J connectivity index is 2.09. The number of carbonyl (C=O) groups excluding carboxylic acids is 1. The standard InChI is InChI=1S/C17H22N2O6S/c1-12-15(10-26(21,22)11-16(20)18-7-8-23-2)19-17(25-12)13-5-4-6-14(9-13)24-3/h4-6,9H,7-8,10-11H2,1-3H3,(H,18,20). The van der Waals surface area contributed by atoms with E-state index in [1.54, 1.807) is 38.3 Å². The Morgan fingerprint density at radius 1 is 1.31 bits per heavy atom. The topological polar surface area (TPSA) is 108 Å². The molecule has 0 fully saturated rings. The molecule has 9 heteroatoms. The van der Waals surface area contributed by atoms with E-state index < -0.39 is 21.5 Å². The molecule has 0 bridgehead atoms. The molecule has 142 valence electrons. The van der Waals surface area contributed by atoms with E-state index in [2.05, 4.69) is 10.3 Å². The Hall–Kier alpha value is -2.39. The number of rotatable bonds is 9. The van der Waals surface area contributed by atoms with Gasteiger partial charge in [0.2, 0.25) is 11.8 Å². The number of aryl methyl sites for hydroxylation is 1. The number of hydrogen-bond donors (Lipinski definition) is 1. The van der Waals surface area contributed by atoms with Gasteiger partial charge in [-0.2, -0.15) is 0 Å². The van der Waals surface area contributed by atoms with Gasteiger partial charge in [0.05, 0.1) is 25.2 Å². The van der Waals surface area contributed by atoms with Crippen LogP contribution in [0.5, 0.6) is 5.75 Å². The van der Waals surface area contributed by atoms with Gasteiger partial charge in [0.1, 0.15) is 17.3 Å². The average Bonchev–Trinajstić information content (AvgIpc) is 2.94. The fraction of sp³-hybridized carbons (Fsp3) is 0.412. The first-order valence-corrected chi connectivity index (χ1v) is 9.73. The van der Waals surface area contributed by atoms with Gasteiger partial charge in [-0.05, 0) is 25.1 Å². The molecule has 1 N–H and O–H groups in total. The first kappa shape index (κ1) is 19.9. The minimum absolute atomic E-state index is 0.258. The highest BCUT2D eigenvalue weighted by atomic mass is 32.2. The van der Waals surface area contributed by atoms with Crippen LogP contribution in [-0.2, 0) is 25.1 Å². The molecule has 0 unspecified atom stereocenters. The first-order valence-electron chi connectivity index (χ1n) is 7.91. The Morgan fingerprint density at radius 3 is 2.77 bits per heavy atom. The largest absolute Gasteiger partial charge is 0.497 e. The molecule has 0 radical (unpaired) electrons. The first-order chi connectivity index (χ1) is 12.3. The number of nitrogens with zero attached hydrogens (tertiary/aromatic N) is 1. The zero-order valence-corrected chi connectivity index (χ0v) is 15.8. The van der Waals surface area contributed by atoms with Crippen LogP contribution in [-0.4, -0.2) is 52.4 Å². The summed E-state index contributed by atoms with van der Waals surface area (Å²) < 4.78 is 40.0. The number of hydrogen-bond acceptors (Lipinski definition) is 7. The molecule has 0 aliphatic rings. The van der Waals surface area contributed by atoms with Crippen LogP contribution in [0, 0.1) is 6.92 Å². The molecule has 26 heavy (non-hydrogen) atoms. The van der Waals surface area contributed by atoms with E-state index in [9.17, 15) is 13.2 Å². The summed E-state index contributed by atoms with van der Waals surface area (Å²) in [7, 11) is -0.628. The maximum Gasteiger partial charge on any atom is 0.235 e. The molecule has 1 amide bonds. The molecule has 8 nitrogen and oxygen atoms in total. The van der Waals surface area contributed by atoms with Crippen molar-refractivity contribution in [1.29, 1.82) is 0 Å². The highest BCUT2D eigenvalue weighted by molar-refractivity contribution is 7.91. The summed E-state index contributed by atoms with van der Waals surface area (Å²) in [5.74, 6) is -0.222. The highest BCUT2D eigenvalue weighted by Crippen LogP contribution is 2.26. The molecule has 1 aromatic heterocycles. The average molecular weight is 382 g/mol. The normalized spacial score (nSPS) is 11.3. The van der Waals surface area contributed by atoms with Gasteiger partial charge in [0, 0.05) is 19.2 Å². The van der Waals surface area contributed by atoms with E-state index >= 15 is 0 Å². The molecular weight excluding hydrogens is 360 g/mol. The van der Waals surface area contributed by atoms with E-state index in [0.717, 1.165) is 0 Å². The SMILES string of the molecule is COCCNC(=O)CS(=O)(=O)Cc1nc(-c2cccc(OC)c2)oc1C. The monoisotopic (exact) mass is 382 g/mol. The number of oxazole rings is 1. The highest BCUT2D eigenvalue weighted by Gasteiger charge is 2.22. The number of amides is 1. The van der Waals surface area contributed by atoms with Gasteiger partial charge in [-0.25, -0.2) is 13.4 Å². The van der Waals surface area contributed by atoms with Gasteiger partial charge < -0.3 is 19.2 Å². The van der Waals surface area contributed by atoms with Crippen molar-refractivity contribution in [3.63, 3.8) is 0 Å².